The van der Waals surface area contributed by atoms with Crippen LogP contribution < -0.4 is 4.90 Å². The van der Waals surface area contributed by atoms with E-state index in [2.05, 4.69) is 55.8 Å². The molecule has 1 saturated heterocycles. The van der Waals surface area contributed by atoms with Gasteiger partial charge in [0.2, 0.25) is 0 Å². The van der Waals surface area contributed by atoms with Crippen LogP contribution in [0.3, 0.4) is 0 Å². The van der Waals surface area contributed by atoms with Crippen LogP contribution in [0.4, 0.5) is 5.69 Å². The van der Waals surface area contributed by atoms with Gasteiger partial charge in [0.1, 0.15) is 0 Å². The van der Waals surface area contributed by atoms with Crippen molar-refractivity contribution in [2.45, 2.75) is 73.8 Å². The normalized spacial score (nSPS) is 16.1. The Balaban J connectivity index is 2.09. The molecule has 3 rings (SSSR count). The summed E-state index contributed by atoms with van der Waals surface area (Å²) in [5.74, 6) is 0.262. The number of carbonyl (C=O) groups is 1. The first-order valence-electron chi connectivity index (χ1n) is 12.1. The Kier molecular flexibility index (Phi) is 7.93. The van der Waals surface area contributed by atoms with Crippen molar-refractivity contribution in [3.63, 3.8) is 0 Å². The van der Waals surface area contributed by atoms with Gasteiger partial charge in [0.05, 0.1) is 18.2 Å². The van der Waals surface area contributed by atoms with E-state index < -0.39 is 0 Å². The van der Waals surface area contributed by atoms with Crippen LogP contribution in [0.1, 0.15) is 71.2 Å². The molecule has 0 N–H and O–H groups in total. The van der Waals surface area contributed by atoms with Crippen molar-refractivity contribution in [1.29, 1.82) is 0 Å². The molecule has 0 saturated carbocycles. The van der Waals surface area contributed by atoms with E-state index in [0.717, 1.165) is 59.6 Å². The highest BCUT2D eigenvalue weighted by atomic mass is 16.5. The summed E-state index contributed by atoms with van der Waals surface area (Å²) >= 11 is 0. The Morgan fingerprint density at radius 3 is 2.48 bits per heavy atom. The van der Waals surface area contributed by atoms with Gasteiger partial charge in [0.15, 0.2) is 0 Å². The fraction of sp³-hybridized carbons (Fsp3) is 0.536. The Labute approximate surface area is 199 Å². The van der Waals surface area contributed by atoms with Crippen molar-refractivity contribution >= 4 is 17.7 Å². The summed E-state index contributed by atoms with van der Waals surface area (Å²) in [4.78, 5) is 24.3. The van der Waals surface area contributed by atoms with Gasteiger partial charge >= 0.3 is 5.97 Å². The third-order valence-corrected chi connectivity index (χ3v) is 6.23. The number of ether oxygens (including phenoxy) is 1. The van der Waals surface area contributed by atoms with E-state index >= 15 is 0 Å². The van der Waals surface area contributed by atoms with Gasteiger partial charge in [-0.15, -0.1) is 0 Å². The first kappa shape index (κ1) is 24.9. The van der Waals surface area contributed by atoms with Gasteiger partial charge in [-0.1, -0.05) is 39.8 Å². The Morgan fingerprint density at radius 1 is 1.15 bits per heavy atom. The monoisotopic (exact) mass is 449 g/mol. The molecule has 33 heavy (non-hydrogen) atoms. The number of carbonyl (C=O) groups excluding carboxylic acids is 1. The Bertz CT molecular complexity index is 998. The van der Waals surface area contributed by atoms with Gasteiger partial charge in [-0.05, 0) is 56.6 Å². The Hall–Kier alpha value is -2.69. The zero-order valence-corrected chi connectivity index (χ0v) is 21.3. The summed E-state index contributed by atoms with van der Waals surface area (Å²) in [5.41, 5.74) is 6.38. The SMILES string of the molecule is Cc1ncc(-c2cncc(/C=C/C(C)C)c2)c(N2CCC(C)(C)CC2)c1CC(=O)OC(C)C. The highest BCUT2D eigenvalue weighted by molar-refractivity contribution is 5.85. The summed E-state index contributed by atoms with van der Waals surface area (Å²) in [6.07, 6.45) is 12.3. The van der Waals surface area contributed by atoms with Crippen molar-refractivity contribution in [2.75, 3.05) is 18.0 Å². The summed E-state index contributed by atoms with van der Waals surface area (Å²) in [6, 6.07) is 2.16. The molecular weight excluding hydrogens is 410 g/mol. The first-order chi connectivity index (χ1) is 15.6. The minimum absolute atomic E-state index is 0.137. The largest absolute Gasteiger partial charge is 0.463 e. The number of hydrogen-bond donors (Lipinski definition) is 0. The van der Waals surface area contributed by atoms with Crippen LogP contribution in [0.2, 0.25) is 0 Å². The molecule has 2 aromatic heterocycles. The van der Waals surface area contributed by atoms with Gasteiger partial charge in [0, 0.05) is 54.1 Å². The molecule has 1 aliphatic heterocycles. The maximum absolute atomic E-state index is 12.7. The predicted molar refractivity (Wildman–Crippen MR) is 136 cm³/mol. The number of allylic oxidation sites excluding steroid dienone is 1. The van der Waals surface area contributed by atoms with E-state index in [9.17, 15) is 4.79 Å². The lowest BCUT2D eigenvalue weighted by Gasteiger charge is -2.40. The molecule has 0 atom stereocenters. The fourth-order valence-electron chi connectivity index (χ4n) is 4.20. The van der Waals surface area contributed by atoms with Gasteiger partial charge in [-0.25, -0.2) is 0 Å². The lowest BCUT2D eigenvalue weighted by Crippen LogP contribution is -2.38. The topological polar surface area (TPSA) is 55.3 Å². The smallest absolute Gasteiger partial charge is 0.310 e. The third kappa shape index (κ3) is 6.66. The molecule has 178 valence electrons. The number of rotatable bonds is 7. The number of pyridine rings is 2. The zero-order chi connectivity index (χ0) is 24.2. The summed E-state index contributed by atoms with van der Waals surface area (Å²) in [5, 5.41) is 0. The average molecular weight is 450 g/mol. The highest BCUT2D eigenvalue weighted by Gasteiger charge is 2.29. The second-order valence-corrected chi connectivity index (χ2v) is 10.6. The van der Waals surface area contributed by atoms with Gasteiger partial charge in [-0.3, -0.25) is 14.8 Å². The van der Waals surface area contributed by atoms with Crippen LogP contribution in [0.25, 0.3) is 17.2 Å². The maximum atomic E-state index is 12.7. The zero-order valence-electron chi connectivity index (χ0n) is 21.3. The second-order valence-electron chi connectivity index (χ2n) is 10.6. The molecule has 5 nitrogen and oxygen atoms in total. The van der Waals surface area contributed by atoms with E-state index in [-0.39, 0.29) is 18.5 Å². The van der Waals surface area contributed by atoms with Crippen molar-refractivity contribution in [3.8, 4) is 11.1 Å². The van der Waals surface area contributed by atoms with Crippen LogP contribution in [0.15, 0.2) is 30.7 Å². The van der Waals surface area contributed by atoms with Crippen LogP contribution in [-0.2, 0) is 16.0 Å². The molecule has 0 aliphatic carbocycles. The van der Waals surface area contributed by atoms with Crippen molar-refractivity contribution < 1.29 is 9.53 Å². The number of aryl methyl sites for hydroxylation is 1. The summed E-state index contributed by atoms with van der Waals surface area (Å²) < 4.78 is 5.50. The van der Waals surface area contributed by atoms with Gasteiger partial charge < -0.3 is 9.64 Å². The number of anilines is 1. The molecule has 0 aromatic carbocycles. The number of piperidine rings is 1. The quantitative estimate of drug-likeness (QED) is 0.468. The lowest BCUT2D eigenvalue weighted by molar-refractivity contribution is -0.146. The average Bonchev–Trinajstić information content (AvgIpc) is 2.73. The van der Waals surface area contributed by atoms with E-state index in [1.165, 1.54) is 0 Å². The number of esters is 1. The van der Waals surface area contributed by atoms with E-state index in [1.54, 1.807) is 0 Å². The van der Waals surface area contributed by atoms with Gasteiger partial charge in [-0.2, -0.15) is 0 Å². The van der Waals surface area contributed by atoms with E-state index in [0.29, 0.717) is 11.3 Å². The molecular formula is C28H39N3O2. The fourth-order valence-corrected chi connectivity index (χ4v) is 4.20. The molecule has 0 unspecified atom stereocenters. The predicted octanol–water partition coefficient (Wildman–Crippen LogP) is 6.24. The van der Waals surface area contributed by atoms with Crippen molar-refractivity contribution in [3.05, 3.63) is 47.6 Å². The summed E-state index contributed by atoms with van der Waals surface area (Å²) in [7, 11) is 0. The van der Waals surface area contributed by atoms with Crippen molar-refractivity contribution in [2.24, 2.45) is 11.3 Å². The van der Waals surface area contributed by atoms with E-state index in [1.807, 2.05) is 39.4 Å². The van der Waals surface area contributed by atoms with Crippen LogP contribution >= 0.6 is 0 Å². The first-order valence-corrected chi connectivity index (χ1v) is 12.1. The molecule has 0 bridgehead atoms. The Morgan fingerprint density at radius 2 is 1.85 bits per heavy atom. The minimum Gasteiger partial charge on any atom is -0.463 e. The summed E-state index contributed by atoms with van der Waals surface area (Å²) in [6.45, 7) is 16.7. The molecule has 1 aliphatic rings. The van der Waals surface area contributed by atoms with Crippen LogP contribution in [0, 0.1) is 18.3 Å². The highest BCUT2D eigenvalue weighted by Crippen LogP contribution is 2.40. The van der Waals surface area contributed by atoms with Gasteiger partial charge in [0.25, 0.3) is 0 Å². The third-order valence-electron chi connectivity index (χ3n) is 6.23. The van der Waals surface area contributed by atoms with E-state index in [4.69, 9.17) is 9.72 Å². The van der Waals surface area contributed by atoms with Crippen LogP contribution in [-0.4, -0.2) is 35.1 Å². The number of hydrogen-bond acceptors (Lipinski definition) is 5. The molecule has 3 heterocycles. The van der Waals surface area contributed by atoms with Crippen molar-refractivity contribution in [1.82, 2.24) is 9.97 Å². The molecule has 1 fully saturated rings. The molecule has 2 aromatic rings. The number of nitrogens with zero attached hydrogens (tertiary/aromatic N) is 3. The maximum Gasteiger partial charge on any atom is 0.310 e. The molecule has 0 radical (unpaired) electrons. The molecule has 5 heteroatoms. The minimum atomic E-state index is -0.211. The second kappa shape index (κ2) is 10.5. The number of aromatic nitrogens is 2. The molecule has 0 spiro atoms. The standard InChI is InChI=1S/C28H39N3O2/c1-19(2)8-9-22-14-23(17-29-16-22)25-18-30-21(5)24(15-26(32)33-20(3)4)27(25)31-12-10-28(6,7)11-13-31/h8-9,14,16-20H,10-13,15H2,1-7H3/b9-8+. The lowest BCUT2D eigenvalue weighted by atomic mass is 9.82. The molecule has 0 amide bonds. The van der Waals surface area contributed by atoms with Crippen LogP contribution in [0.5, 0.6) is 0 Å².